The number of para-hydroxylation sites is 2. The van der Waals surface area contributed by atoms with Gasteiger partial charge in [-0.2, -0.15) is 9.78 Å². The van der Waals surface area contributed by atoms with E-state index in [0.29, 0.717) is 29.6 Å². The normalized spacial score (nSPS) is 10.8. The number of aryl methyl sites for hydroxylation is 1. The molecule has 2 aromatic carbocycles. The molecule has 0 radical (unpaired) electrons. The number of nitrogens with one attached hydrogen (secondary N) is 1. The van der Waals surface area contributed by atoms with Crippen LogP contribution in [0, 0.1) is 6.92 Å². The van der Waals surface area contributed by atoms with Gasteiger partial charge in [-0.1, -0.05) is 41.9 Å². The van der Waals surface area contributed by atoms with Crippen molar-refractivity contribution in [2.75, 3.05) is 18.5 Å². The van der Waals surface area contributed by atoms with Gasteiger partial charge in [0.15, 0.2) is 11.6 Å². The van der Waals surface area contributed by atoms with Crippen LogP contribution in [0.1, 0.15) is 35.7 Å². The third kappa shape index (κ3) is 5.60. The van der Waals surface area contributed by atoms with Crippen LogP contribution in [0.4, 0.5) is 5.82 Å². The maximum Gasteiger partial charge on any atom is 0.343 e. The predicted octanol–water partition coefficient (Wildman–Crippen LogP) is 5.36. The second-order valence-corrected chi connectivity index (χ2v) is 8.19. The first-order valence-electron chi connectivity index (χ1n) is 11.3. The second-order valence-electron chi connectivity index (χ2n) is 7.78. The maximum atomic E-state index is 12.8. The Morgan fingerprint density at radius 1 is 1.11 bits per heavy atom. The SMILES string of the molecule is CCOC(=O)c1cnn(-c2cc(C)c3ccccc3n2)c1NC(=O)CCCOc1ccccc1Cl. The molecule has 1 amide bonds. The molecule has 0 saturated heterocycles. The van der Waals surface area contributed by atoms with Crippen LogP contribution in [0.2, 0.25) is 5.02 Å². The zero-order valence-electron chi connectivity index (χ0n) is 19.5. The molecule has 2 aromatic heterocycles. The van der Waals surface area contributed by atoms with Gasteiger partial charge < -0.3 is 14.8 Å². The number of nitrogens with zero attached hydrogens (tertiary/aromatic N) is 3. The Balaban J connectivity index is 1.54. The smallest absolute Gasteiger partial charge is 0.343 e. The molecule has 9 heteroatoms. The lowest BCUT2D eigenvalue weighted by Crippen LogP contribution is -2.19. The van der Waals surface area contributed by atoms with Crippen LogP contribution in [0.25, 0.3) is 16.7 Å². The standard InChI is InChI=1S/C26H25ClN4O4/c1-3-34-26(33)19-16-28-31(23-15-17(2)18-9-4-6-11-21(18)29-23)25(19)30-24(32)13-8-14-35-22-12-7-5-10-20(22)27/h4-7,9-12,15-16H,3,8,13-14H2,1-2H3,(H,30,32). The minimum Gasteiger partial charge on any atom is -0.492 e. The summed E-state index contributed by atoms with van der Waals surface area (Å²) in [6.45, 7) is 4.20. The van der Waals surface area contributed by atoms with Gasteiger partial charge in [-0.25, -0.2) is 9.78 Å². The van der Waals surface area contributed by atoms with Crippen molar-refractivity contribution in [1.29, 1.82) is 0 Å². The summed E-state index contributed by atoms with van der Waals surface area (Å²) in [5.74, 6) is 0.387. The predicted molar refractivity (Wildman–Crippen MR) is 134 cm³/mol. The highest BCUT2D eigenvalue weighted by Crippen LogP contribution is 2.25. The lowest BCUT2D eigenvalue weighted by atomic mass is 10.1. The summed E-state index contributed by atoms with van der Waals surface area (Å²) in [5, 5.41) is 8.67. The molecule has 0 aliphatic heterocycles. The number of amides is 1. The van der Waals surface area contributed by atoms with Crippen molar-refractivity contribution in [3.63, 3.8) is 0 Å². The molecule has 0 atom stereocenters. The molecule has 4 rings (SSSR count). The highest BCUT2D eigenvalue weighted by atomic mass is 35.5. The van der Waals surface area contributed by atoms with Gasteiger partial charge in [0, 0.05) is 11.8 Å². The third-order valence-electron chi connectivity index (χ3n) is 5.29. The molecular formula is C26H25ClN4O4. The number of anilines is 1. The van der Waals surface area contributed by atoms with Crippen molar-refractivity contribution in [3.8, 4) is 11.6 Å². The van der Waals surface area contributed by atoms with E-state index in [4.69, 9.17) is 21.1 Å². The van der Waals surface area contributed by atoms with Crippen molar-refractivity contribution in [2.24, 2.45) is 0 Å². The Hall–Kier alpha value is -3.91. The fourth-order valence-corrected chi connectivity index (χ4v) is 3.80. The van der Waals surface area contributed by atoms with E-state index >= 15 is 0 Å². The van der Waals surface area contributed by atoms with E-state index < -0.39 is 5.97 Å². The number of benzene rings is 2. The fourth-order valence-electron chi connectivity index (χ4n) is 3.61. The van der Waals surface area contributed by atoms with Crippen molar-refractivity contribution in [2.45, 2.75) is 26.7 Å². The number of hydrogen-bond acceptors (Lipinski definition) is 6. The molecule has 35 heavy (non-hydrogen) atoms. The van der Waals surface area contributed by atoms with E-state index in [1.54, 1.807) is 19.1 Å². The van der Waals surface area contributed by atoms with Gasteiger partial charge in [0.05, 0.1) is 29.9 Å². The average molecular weight is 493 g/mol. The van der Waals surface area contributed by atoms with Crippen molar-refractivity contribution in [3.05, 3.63) is 76.9 Å². The number of carbonyl (C=O) groups is 2. The summed E-state index contributed by atoms with van der Waals surface area (Å²) in [6, 6.07) is 16.8. The Morgan fingerprint density at radius 2 is 1.89 bits per heavy atom. The molecule has 2 heterocycles. The quantitative estimate of drug-likeness (QED) is 0.250. The number of hydrogen-bond donors (Lipinski definition) is 1. The number of esters is 1. The maximum absolute atomic E-state index is 12.8. The van der Waals surface area contributed by atoms with Gasteiger partial charge in [-0.15, -0.1) is 0 Å². The summed E-state index contributed by atoms with van der Waals surface area (Å²) < 4.78 is 12.3. The molecular weight excluding hydrogens is 468 g/mol. The minimum atomic E-state index is -0.575. The van der Waals surface area contributed by atoms with E-state index in [-0.39, 0.29) is 30.3 Å². The topological polar surface area (TPSA) is 95.3 Å². The molecule has 8 nitrogen and oxygen atoms in total. The van der Waals surface area contributed by atoms with Gasteiger partial charge in [-0.3, -0.25) is 4.79 Å². The van der Waals surface area contributed by atoms with Crippen LogP contribution in [-0.4, -0.2) is 39.9 Å². The van der Waals surface area contributed by atoms with Gasteiger partial charge in [0.25, 0.3) is 0 Å². The van der Waals surface area contributed by atoms with E-state index in [9.17, 15) is 9.59 Å². The first-order valence-corrected chi connectivity index (χ1v) is 11.6. The molecule has 0 saturated carbocycles. The van der Waals surface area contributed by atoms with E-state index in [1.165, 1.54) is 10.9 Å². The fraction of sp³-hybridized carbons (Fsp3) is 0.231. The van der Waals surface area contributed by atoms with E-state index in [2.05, 4.69) is 15.4 Å². The Morgan fingerprint density at radius 3 is 2.69 bits per heavy atom. The Labute approximate surface area is 207 Å². The third-order valence-corrected chi connectivity index (χ3v) is 5.60. The van der Waals surface area contributed by atoms with Crippen LogP contribution < -0.4 is 10.1 Å². The number of pyridine rings is 1. The minimum absolute atomic E-state index is 0.153. The van der Waals surface area contributed by atoms with Crippen LogP contribution in [0.3, 0.4) is 0 Å². The molecule has 1 N–H and O–H groups in total. The number of aromatic nitrogens is 3. The van der Waals surface area contributed by atoms with Crippen molar-refractivity contribution >= 4 is 40.2 Å². The van der Waals surface area contributed by atoms with Crippen LogP contribution >= 0.6 is 11.6 Å². The number of carbonyl (C=O) groups excluding carboxylic acids is 2. The molecule has 0 aliphatic carbocycles. The molecule has 0 spiro atoms. The summed E-state index contributed by atoms with van der Waals surface area (Å²) in [7, 11) is 0. The Bertz CT molecular complexity index is 1370. The summed E-state index contributed by atoms with van der Waals surface area (Å²) in [4.78, 5) is 30.0. The Kier molecular flexibility index (Phi) is 7.62. The van der Waals surface area contributed by atoms with E-state index in [1.807, 2.05) is 49.4 Å². The number of fused-ring (bicyclic) bond motifs is 1. The monoisotopic (exact) mass is 492 g/mol. The van der Waals surface area contributed by atoms with Crippen LogP contribution in [0.15, 0.2) is 60.8 Å². The summed E-state index contributed by atoms with van der Waals surface area (Å²) >= 11 is 6.09. The lowest BCUT2D eigenvalue weighted by molar-refractivity contribution is -0.116. The van der Waals surface area contributed by atoms with Crippen LogP contribution in [-0.2, 0) is 9.53 Å². The molecule has 180 valence electrons. The molecule has 4 aromatic rings. The van der Waals surface area contributed by atoms with Crippen molar-refractivity contribution in [1.82, 2.24) is 14.8 Å². The second kappa shape index (κ2) is 11.0. The average Bonchev–Trinajstić information content (AvgIpc) is 3.26. The largest absolute Gasteiger partial charge is 0.492 e. The number of rotatable bonds is 9. The van der Waals surface area contributed by atoms with E-state index in [0.717, 1.165) is 16.5 Å². The first-order chi connectivity index (χ1) is 17.0. The number of ether oxygens (including phenoxy) is 2. The van der Waals surface area contributed by atoms with Gasteiger partial charge >= 0.3 is 5.97 Å². The highest BCUT2D eigenvalue weighted by Gasteiger charge is 2.22. The van der Waals surface area contributed by atoms with Gasteiger partial charge in [-0.05, 0) is 50.1 Å². The molecule has 0 unspecified atom stereocenters. The van der Waals surface area contributed by atoms with Crippen LogP contribution in [0.5, 0.6) is 5.75 Å². The summed E-state index contributed by atoms with van der Waals surface area (Å²) in [6.07, 6.45) is 2.00. The first kappa shape index (κ1) is 24.2. The highest BCUT2D eigenvalue weighted by molar-refractivity contribution is 6.32. The lowest BCUT2D eigenvalue weighted by Gasteiger charge is -2.12. The molecule has 0 bridgehead atoms. The van der Waals surface area contributed by atoms with Gasteiger partial charge in [0.1, 0.15) is 11.3 Å². The van der Waals surface area contributed by atoms with Gasteiger partial charge in [0.2, 0.25) is 5.91 Å². The molecule has 0 fully saturated rings. The zero-order chi connectivity index (χ0) is 24.8. The molecule has 0 aliphatic rings. The van der Waals surface area contributed by atoms with Crippen molar-refractivity contribution < 1.29 is 19.1 Å². The summed E-state index contributed by atoms with van der Waals surface area (Å²) in [5.41, 5.74) is 1.93. The number of halogens is 1. The zero-order valence-corrected chi connectivity index (χ0v) is 20.2.